The summed E-state index contributed by atoms with van der Waals surface area (Å²) in [5.41, 5.74) is 0.771. The van der Waals surface area contributed by atoms with Gasteiger partial charge in [-0.15, -0.1) is 0 Å². The van der Waals surface area contributed by atoms with Crippen LogP contribution in [-0.4, -0.2) is 19.6 Å². The molecular weight excluding hydrogens is 246 g/mol. The smallest absolute Gasteiger partial charge is 0.149 e. The second kappa shape index (κ2) is 6.33. The molecule has 0 radical (unpaired) electrons. The highest BCUT2D eigenvalue weighted by molar-refractivity contribution is 5.51. The Bertz CT molecular complexity index is 405. The van der Waals surface area contributed by atoms with Crippen molar-refractivity contribution in [2.75, 3.05) is 18.5 Å². The number of rotatable bonds is 5. The molecule has 4 heteroatoms. The molecule has 0 spiro atoms. The number of nitrogens with zero attached hydrogens (tertiary/aromatic N) is 1. The first kappa shape index (κ1) is 14.3. The highest BCUT2D eigenvalue weighted by atomic mass is 19.1. The van der Waals surface area contributed by atoms with Gasteiger partial charge in [-0.1, -0.05) is 19.8 Å². The summed E-state index contributed by atoms with van der Waals surface area (Å²) >= 11 is 0. The van der Waals surface area contributed by atoms with Gasteiger partial charge in [0.1, 0.15) is 17.3 Å². The van der Waals surface area contributed by atoms with Crippen LogP contribution in [0.4, 0.5) is 14.5 Å². The van der Waals surface area contributed by atoms with E-state index in [4.69, 9.17) is 0 Å². The van der Waals surface area contributed by atoms with Gasteiger partial charge in [0.15, 0.2) is 0 Å². The molecule has 106 valence electrons. The first-order valence-electron chi connectivity index (χ1n) is 7.05. The summed E-state index contributed by atoms with van der Waals surface area (Å²) in [5, 5.41) is 3.08. The zero-order chi connectivity index (χ0) is 13.8. The maximum Gasteiger partial charge on any atom is 0.149 e. The van der Waals surface area contributed by atoms with Gasteiger partial charge in [0.05, 0.1) is 0 Å². The SMILES string of the molecule is CCNCc1cc(F)c(N(C)C2CCCC2)c(F)c1. The van der Waals surface area contributed by atoms with Crippen LogP contribution >= 0.6 is 0 Å². The minimum Gasteiger partial charge on any atom is -0.367 e. The molecule has 1 aromatic rings. The summed E-state index contributed by atoms with van der Waals surface area (Å²) in [6, 6.07) is 3.14. The zero-order valence-electron chi connectivity index (χ0n) is 11.7. The third-order valence-corrected chi connectivity index (χ3v) is 3.88. The summed E-state index contributed by atoms with van der Waals surface area (Å²) < 4.78 is 28.3. The molecular formula is C15H22F2N2. The van der Waals surface area contributed by atoms with Gasteiger partial charge in [-0.25, -0.2) is 8.78 Å². The van der Waals surface area contributed by atoms with Crippen molar-refractivity contribution in [2.24, 2.45) is 0 Å². The fourth-order valence-corrected chi connectivity index (χ4v) is 2.80. The lowest BCUT2D eigenvalue weighted by atomic mass is 10.1. The highest BCUT2D eigenvalue weighted by Crippen LogP contribution is 2.31. The molecule has 2 rings (SSSR count). The monoisotopic (exact) mass is 268 g/mol. The van der Waals surface area contributed by atoms with E-state index < -0.39 is 11.6 Å². The summed E-state index contributed by atoms with van der Waals surface area (Å²) in [5.74, 6) is -0.912. The quantitative estimate of drug-likeness (QED) is 0.880. The average Bonchev–Trinajstić information content (AvgIpc) is 2.89. The van der Waals surface area contributed by atoms with E-state index in [0.717, 1.165) is 32.2 Å². The first-order chi connectivity index (χ1) is 9.13. The van der Waals surface area contributed by atoms with Crippen LogP contribution in [0.5, 0.6) is 0 Å². The van der Waals surface area contributed by atoms with E-state index in [9.17, 15) is 8.78 Å². The lowest BCUT2D eigenvalue weighted by molar-refractivity contribution is 0.549. The lowest BCUT2D eigenvalue weighted by Gasteiger charge is -2.27. The van der Waals surface area contributed by atoms with Crippen LogP contribution in [-0.2, 0) is 6.54 Å². The lowest BCUT2D eigenvalue weighted by Crippen LogP contribution is -2.30. The largest absolute Gasteiger partial charge is 0.367 e. The summed E-state index contributed by atoms with van der Waals surface area (Å²) in [4.78, 5) is 1.77. The second-order valence-electron chi connectivity index (χ2n) is 5.24. The van der Waals surface area contributed by atoms with Gasteiger partial charge in [0.2, 0.25) is 0 Å². The van der Waals surface area contributed by atoms with Gasteiger partial charge in [-0.05, 0) is 37.1 Å². The van der Waals surface area contributed by atoms with Gasteiger partial charge in [-0.2, -0.15) is 0 Å². The van der Waals surface area contributed by atoms with Crippen molar-refractivity contribution in [1.29, 1.82) is 0 Å². The molecule has 1 aliphatic rings. The van der Waals surface area contributed by atoms with Crippen LogP contribution in [0, 0.1) is 11.6 Å². The summed E-state index contributed by atoms with van der Waals surface area (Å²) in [6.45, 7) is 3.25. The molecule has 0 unspecified atom stereocenters. The van der Waals surface area contributed by atoms with Gasteiger partial charge in [0, 0.05) is 19.6 Å². The molecule has 1 N–H and O–H groups in total. The molecule has 1 aromatic carbocycles. The molecule has 0 amide bonds. The predicted molar refractivity (Wildman–Crippen MR) is 74.4 cm³/mol. The van der Waals surface area contributed by atoms with Crippen LogP contribution in [0.1, 0.15) is 38.2 Å². The molecule has 0 heterocycles. The van der Waals surface area contributed by atoms with Crippen molar-refractivity contribution >= 4 is 5.69 Å². The molecule has 1 saturated carbocycles. The number of hydrogen-bond acceptors (Lipinski definition) is 2. The molecule has 2 nitrogen and oxygen atoms in total. The Kier molecular flexibility index (Phi) is 4.75. The Morgan fingerprint density at radius 1 is 1.21 bits per heavy atom. The maximum absolute atomic E-state index is 14.1. The number of benzene rings is 1. The molecule has 0 saturated heterocycles. The van der Waals surface area contributed by atoms with E-state index in [2.05, 4.69) is 5.32 Å². The molecule has 1 aliphatic carbocycles. The van der Waals surface area contributed by atoms with Crippen LogP contribution in [0.2, 0.25) is 0 Å². The van der Waals surface area contributed by atoms with E-state index in [1.165, 1.54) is 12.1 Å². The number of hydrogen-bond donors (Lipinski definition) is 1. The normalized spacial score (nSPS) is 16.0. The third-order valence-electron chi connectivity index (χ3n) is 3.88. The Labute approximate surface area is 113 Å². The van der Waals surface area contributed by atoms with E-state index in [0.29, 0.717) is 12.1 Å². The van der Waals surface area contributed by atoms with Crippen LogP contribution in [0.15, 0.2) is 12.1 Å². The third kappa shape index (κ3) is 3.24. The fraction of sp³-hybridized carbons (Fsp3) is 0.600. The Morgan fingerprint density at radius 3 is 2.32 bits per heavy atom. The Balaban J connectivity index is 2.20. The van der Waals surface area contributed by atoms with Crippen LogP contribution < -0.4 is 10.2 Å². The van der Waals surface area contributed by atoms with Gasteiger partial charge in [0.25, 0.3) is 0 Å². The highest BCUT2D eigenvalue weighted by Gasteiger charge is 2.24. The maximum atomic E-state index is 14.1. The molecule has 1 fully saturated rings. The average molecular weight is 268 g/mol. The van der Waals surface area contributed by atoms with E-state index in [1.807, 2.05) is 6.92 Å². The zero-order valence-corrected chi connectivity index (χ0v) is 11.7. The first-order valence-corrected chi connectivity index (χ1v) is 7.05. The van der Waals surface area contributed by atoms with E-state index in [1.54, 1.807) is 11.9 Å². The fourth-order valence-electron chi connectivity index (χ4n) is 2.80. The topological polar surface area (TPSA) is 15.3 Å². The Hall–Kier alpha value is -1.16. The van der Waals surface area contributed by atoms with Crippen molar-refractivity contribution in [3.05, 3.63) is 29.3 Å². The van der Waals surface area contributed by atoms with E-state index >= 15 is 0 Å². The number of nitrogens with one attached hydrogen (secondary N) is 1. The minimum absolute atomic E-state index is 0.118. The van der Waals surface area contributed by atoms with Crippen molar-refractivity contribution in [3.63, 3.8) is 0 Å². The summed E-state index contributed by atoms with van der Waals surface area (Å²) in [6.07, 6.45) is 4.34. The van der Waals surface area contributed by atoms with Gasteiger partial charge in [-0.3, -0.25) is 0 Å². The molecule has 0 atom stereocenters. The van der Waals surface area contributed by atoms with Crippen molar-refractivity contribution in [3.8, 4) is 0 Å². The standard InChI is InChI=1S/C15H22F2N2/c1-3-18-10-11-8-13(16)15(14(17)9-11)19(2)12-6-4-5-7-12/h8-9,12,18H,3-7,10H2,1-2H3. The van der Waals surface area contributed by atoms with Crippen LogP contribution in [0.25, 0.3) is 0 Å². The van der Waals surface area contributed by atoms with Crippen LogP contribution in [0.3, 0.4) is 0 Å². The second-order valence-corrected chi connectivity index (χ2v) is 5.24. The van der Waals surface area contributed by atoms with Gasteiger partial charge < -0.3 is 10.2 Å². The summed E-state index contributed by atoms with van der Waals surface area (Å²) in [7, 11) is 1.79. The Morgan fingerprint density at radius 2 is 1.79 bits per heavy atom. The van der Waals surface area contributed by atoms with Crippen molar-refractivity contribution < 1.29 is 8.78 Å². The predicted octanol–water partition coefficient (Wildman–Crippen LogP) is 3.45. The molecule has 19 heavy (non-hydrogen) atoms. The van der Waals surface area contributed by atoms with Crippen molar-refractivity contribution in [2.45, 2.75) is 45.2 Å². The van der Waals surface area contributed by atoms with E-state index in [-0.39, 0.29) is 11.7 Å². The molecule has 0 aliphatic heterocycles. The van der Waals surface area contributed by atoms with Gasteiger partial charge >= 0.3 is 0 Å². The number of halogens is 2. The number of anilines is 1. The molecule has 0 aromatic heterocycles. The minimum atomic E-state index is -0.456. The molecule has 0 bridgehead atoms. The van der Waals surface area contributed by atoms with Crippen molar-refractivity contribution in [1.82, 2.24) is 5.32 Å².